The van der Waals surface area contributed by atoms with Crippen LogP contribution in [0.2, 0.25) is 0 Å². The molecule has 0 fully saturated rings. The molecule has 130 valence electrons. The van der Waals surface area contributed by atoms with Crippen LogP contribution in [0.4, 0.5) is 0 Å². The standard InChI is InChI=1S/C20H27NO3/c1-14-7-5-6-8-16(14)9-15(2)21-13-20(22)17-10-18(23-3)12-19(11-17)24-4/h5-8,10-12,15,20-22H,9,13H2,1-4H3. The van der Waals surface area contributed by atoms with Crippen molar-refractivity contribution in [2.45, 2.75) is 32.4 Å². The van der Waals surface area contributed by atoms with Crippen molar-refractivity contribution in [3.05, 3.63) is 59.2 Å². The van der Waals surface area contributed by atoms with Crippen LogP contribution in [0.1, 0.15) is 29.7 Å². The average molecular weight is 329 g/mol. The maximum atomic E-state index is 10.5. The molecule has 2 atom stereocenters. The maximum absolute atomic E-state index is 10.5. The molecule has 2 rings (SSSR count). The van der Waals surface area contributed by atoms with E-state index in [0.717, 1.165) is 12.0 Å². The first kappa shape index (κ1) is 18.3. The van der Waals surface area contributed by atoms with E-state index in [1.54, 1.807) is 20.3 Å². The third-order valence-electron chi connectivity index (χ3n) is 4.21. The van der Waals surface area contributed by atoms with Crippen LogP contribution < -0.4 is 14.8 Å². The Morgan fingerprint density at radius 3 is 2.25 bits per heavy atom. The second-order valence-electron chi connectivity index (χ2n) is 6.10. The van der Waals surface area contributed by atoms with Crippen molar-refractivity contribution in [3.8, 4) is 11.5 Å². The Balaban J connectivity index is 1.95. The summed E-state index contributed by atoms with van der Waals surface area (Å²) in [5.74, 6) is 1.35. The highest BCUT2D eigenvalue weighted by Crippen LogP contribution is 2.26. The minimum absolute atomic E-state index is 0.272. The molecule has 4 nitrogen and oxygen atoms in total. The molecule has 0 aliphatic rings. The van der Waals surface area contributed by atoms with Gasteiger partial charge in [-0.25, -0.2) is 0 Å². The highest BCUT2D eigenvalue weighted by Gasteiger charge is 2.13. The summed E-state index contributed by atoms with van der Waals surface area (Å²) in [6.45, 7) is 4.73. The summed E-state index contributed by atoms with van der Waals surface area (Å²) in [5.41, 5.74) is 3.40. The zero-order chi connectivity index (χ0) is 17.5. The highest BCUT2D eigenvalue weighted by atomic mass is 16.5. The molecule has 0 aliphatic carbocycles. The third kappa shape index (κ3) is 4.98. The molecule has 2 N–H and O–H groups in total. The smallest absolute Gasteiger partial charge is 0.122 e. The lowest BCUT2D eigenvalue weighted by Gasteiger charge is -2.19. The van der Waals surface area contributed by atoms with E-state index in [1.807, 2.05) is 12.1 Å². The first-order chi connectivity index (χ1) is 11.5. The van der Waals surface area contributed by atoms with Gasteiger partial charge >= 0.3 is 0 Å². The first-order valence-corrected chi connectivity index (χ1v) is 8.22. The Labute approximate surface area is 144 Å². The number of aliphatic hydroxyl groups is 1. The van der Waals surface area contributed by atoms with Crippen LogP contribution in [0.5, 0.6) is 11.5 Å². The van der Waals surface area contributed by atoms with E-state index >= 15 is 0 Å². The lowest BCUT2D eigenvalue weighted by atomic mass is 10.0. The number of aliphatic hydroxyl groups excluding tert-OH is 1. The van der Waals surface area contributed by atoms with Crippen molar-refractivity contribution in [3.63, 3.8) is 0 Å². The molecule has 0 aliphatic heterocycles. The van der Waals surface area contributed by atoms with Gasteiger partial charge in [0.15, 0.2) is 0 Å². The fraction of sp³-hybridized carbons (Fsp3) is 0.400. The Morgan fingerprint density at radius 1 is 1.04 bits per heavy atom. The molecule has 0 saturated heterocycles. The minimum atomic E-state index is -0.617. The second-order valence-corrected chi connectivity index (χ2v) is 6.10. The number of benzene rings is 2. The van der Waals surface area contributed by atoms with Gasteiger partial charge in [-0.1, -0.05) is 24.3 Å². The Kier molecular flexibility index (Phi) is 6.64. The zero-order valence-electron chi connectivity index (χ0n) is 14.9. The van der Waals surface area contributed by atoms with E-state index in [2.05, 4.69) is 43.4 Å². The lowest BCUT2D eigenvalue weighted by Crippen LogP contribution is -2.32. The van der Waals surface area contributed by atoms with Crippen LogP contribution >= 0.6 is 0 Å². The van der Waals surface area contributed by atoms with Gasteiger partial charge < -0.3 is 19.9 Å². The van der Waals surface area contributed by atoms with Crippen molar-refractivity contribution >= 4 is 0 Å². The average Bonchev–Trinajstić information content (AvgIpc) is 2.61. The zero-order valence-corrected chi connectivity index (χ0v) is 14.9. The molecular formula is C20H27NO3. The van der Waals surface area contributed by atoms with Gasteiger partial charge in [0, 0.05) is 18.7 Å². The van der Waals surface area contributed by atoms with Crippen LogP contribution in [0.25, 0.3) is 0 Å². The molecule has 2 unspecified atom stereocenters. The molecule has 4 heteroatoms. The summed E-state index contributed by atoms with van der Waals surface area (Å²) in [4.78, 5) is 0. The summed E-state index contributed by atoms with van der Waals surface area (Å²) in [6.07, 6.45) is 0.314. The van der Waals surface area contributed by atoms with Crippen LogP contribution in [0.15, 0.2) is 42.5 Å². The summed E-state index contributed by atoms with van der Waals surface area (Å²) in [5, 5.41) is 13.9. The molecule has 0 aromatic heterocycles. The fourth-order valence-electron chi connectivity index (χ4n) is 2.69. The Morgan fingerprint density at radius 2 is 1.67 bits per heavy atom. The van der Waals surface area contributed by atoms with Crippen LogP contribution in [-0.4, -0.2) is 31.9 Å². The molecule has 0 saturated carbocycles. The van der Waals surface area contributed by atoms with Crippen molar-refractivity contribution in [1.82, 2.24) is 5.32 Å². The summed E-state index contributed by atoms with van der Waals surface area (Å²) in [7, 11) is 3.21. The minimum Gasteiger partial charge on any atom is -0.497 e. The normalized spacial score (nSPS) is 13.4. The number of nitrogens with one attached hydrogen (secondary N) is 1. The monoisotopic (exact) mass is 329 g/mol. The Bertz CT molecular complexity index is 635. The van der Waals surface area contributed by atoms with Gasteiger partial charge in [-0.2, -0.15) is 0 Å². The third-order valence-corrected chi connectivity index (χ3v) is 4.21. The molecule has 0 amide bonds. The Hall–Kier alpha value is -2.04. The summed E-state index contributed by atoms with van der Waals surface area (Å²) in [6, 6.07) is 14.1. The molecule has 2 aromatic rings. The van der Waals surface area contributed by atoms with Crippen molar-refractivity contribution < 1.29 is 14.6 Å². The second kappa shape index (κ2) is 8.71. The topological polar surface area (TPSA) is 50.7 Å². The van der Waals surface area contributed by atoms with Gasteiger partial charge in [-0.15, -0.1) is 0 Å². The highest BCUT2D eigenvalue weighted by molar-refractivity contribution is 5.39. The van der Waals surface area contributed by atoms with Crippen molar-refractivity contribution in [2.24, 2.45) is 0 Å². The molecule has 0 bridgehead atoms. The predicted molar refractivity (Wildman–Crippen MR) is 96.9 cm³/mol. The fourth-order valence-corrected chi connectivity index (χ4v) is 2.69. The van der Waals surface area contributed by atoms with Crippen LogP contribution in [0.3, 0.4) is 0 Å². The van der Waals surface area contributed by atoms with E-state index in [9.17, 15) is 5.11 Å². The van der Waals surface area contributed by atoms with Gasteiger partial charge in [-0.05, 0) is 49.1 Å². The van der Waals surface area contributed by atoms with Gasteiger partial charge in [-0.3, -0.25) is 0 Å². The van der Waals surface area contributed by atoms with E-state index < -0.39 is 6.10 Å². The molecular weight excluding hydrogens is 302 g/mol. The van der Waals surface area contributed by atoms with Gasteiger partial charge in [0.05, 0.1) is 20.3 Å². The van der Waals surface area contributed by atoms with Gasteiger partial charge in [0.2, 0.25) is 0 Å². The van der Waals surface area contributed by atoms with Crippen LogP contribution in [-0.2, 0) is 6.42 Å². The molecule has 0 heterocycles. The van der Waals surface area contributed by atoms with Gasteiger partial charge in [0.25, 0.3) is 0 Å². The van der Waals surface area contributed by atoms with Crippen molar-refractivity contribution in [1.29, 1.82) is 0 Å². The largest absolute Gasteiger partial charge is 0.497 e. The summed E-state index contributed by atoms with van der Waals surface area (Å²) >= 11 is 0. The molecule has 0 radical (unpaired) electrons. The maximum Gasteiger partial charge on any atom is 0.122 e. The first-order valence-electron chi connectivity index (χ1n) is 8.22. The SMILES string of the molecule is COc1cc(OC)cc(C(O)CNC(C)Cc2ccccc2C)c1. The number of methoxy groups -OCH3 is 2. The number of hydrogen-bond acceptors (Lipinski definition) is 4. The van der Waals surface area contributed by atoms with E-state index in [1.165, 1.54) is 11.1 Å². The predicted octanol–water partition coefficient (Wildman–Crippen LogP) is 3.27. The number of ether oxygens (including phenoxy) is 2. The van der Waals surface area contributed by atoms with Crippen molar-refractivity contribution in [2.75, 3.05) is 20.8 Å². The molecule has 2 aromatic carbocycles. The quantitative estimate of drug-likeness (QED) is 0.780. The molecule has 0 spiro atoms. The molecule has 24 heavy (non-hydrogen) atoms. The van der Waals surface area contributed by atoms with E-state index in [0.29, 0.717) is 18.0 Å². The summed E-state index contributed by atoms with van der Waals surface area (Å²) < 4.78 is 10.5. The number of rotatable bonds is 8. The van der Waals surface area contributed by atoms with Crippen LogP contribution in [0, 0.1) is 6.92 Å². The number of aryl methyl sites for hydroxylation is 1. The number of hydrogen-bond donors (Lipinski definition) is 2. The van der Waals surface area contributed by atoms with Gasteiger partial charge in [0.1, 0.15) is 11.5 Å². The lowest BCUT2D eigenvalue weighted by molar-refractivity contribution is 0.170. The van der Waals surface area contributed by atoms with E-state index in [4.69, 9.17) is 9.47 Å². The van der Waals surface area contributed by atoms with E-state index in [-0.39, 0.29) is 6.04 Å².